The number of ether oxygens (including phenoxy) is 2. The van der Waals surface area contributed by atoms with E-state index in [9.17, 15) is 13.7 Å². The van der Waals surface area contributed by atoms with Gasteiger partial charge in [-0.2, -0.15) is 10.4 Å². The lowest BCUT2D eigenvalue weighted by Gasteiger charge is -2.52. The van der Waals surface area contributed by atoms with Crippen LogP contribution in [0.2, 0.25) is 10.0 Å². The Bertz CT molecular complexity index is 1970. The molecule has 240 valence electrons. The standard InChI is InChI=1S/C32H31Cl2FN6O4S/c1-19(29-23(33)14-37-15-24(29)34)45-27-10-22-26(11-25(27)35)41(28-5-2-3-7-44-28)39-30(22)21-9-20(12-36)31(38-13-21)40-16-32(17-40)6-4-8-46(42,43)18-32/h9-11,13-15,19,28H,2-8,16-18H2,1H3/t19-,28?/m1/s1. The number of aromatic nitrogens is 4. The number of anilines is 1. The predicted octanol–water partition coefficient (Wildman–Crippen LogP) is 6.66. The second kappa shape index (κ2) is 11.9. The summed E-state index contributed by atoms with van der Waals surface area (Å²) in [5.74, 6) is 0.300. The van der Waals surface area contributed by atoms with E-state index >= 15 is 4.39 Å². The van der Waals surface area contributed by atoms with Crippen LogP contribution in [0.3, 0.4) is 0 Å². The molecule has 6 heterocycles. The van der Waals surface area contributed by atoms with E-state index in [-0.39, 0.29) is 28.9 Å². The maximum absolute atomic E-state index is 15.7. The molecule has 3 fully saturated rings. The molecule has 0 bridgehead atoms. The van der Waals surface area contributed by atoms with Crippen molar-refractivity contribution in [1.29, 1.82) is 5.26 Å². The number of nitriles is 1. The van der Waals surface area contributed by atoms with E-state index in [4.69, 9.17) is 37.8 Å². The minimum atomic E-state index is -3.06. The van der Waals surface area contributed by atoms with E-state index in [1.807, 2.05) is 4.90 Å². The normalized spacial score (nSPS) is 21.1. The van der Waals surface area contributed by atoms with Crippen LogP contribution < -0.4 is 9.64 Å². The SMILES string of the molecule is C[C@@H](Oc1cc2c(-c3cnc(N4CC5(CCCS(=O)(=O)C5)C4)c(C#N)c3)nn(C3CCCCO3)c2cc1F)c1c(Cl)cncc1Cl. The zero-order chi connectivity index (χ0) is 32.2. The number of hydrogen-bond acceptors (Lipinski definition) is 9. The van der Waals surface area contributed by atoms with E-state index in [2.05, 4.69) is 16.0 Å². The Kier molecular flexibility index (Phi) is 8.08. The first-order valence-corrected chi connectivity index (χ1v) is 17.8. The maximum Gasteiger partial charge on any atom is 0.167 e. The molecule has 0 N–H and O–H groups in total. The molecule has 4 aromatic rings. The van der Waals surface area contributed by atoms with Crippen molar-refractivity contribution in [2.45, 2.75) is 51.4 Å². The number of benzene rings is 1. The van der Waals surface area contributed by atoms with Gasteiger partial charge in [-0.25, -0.2) is 22.5 Å². The molecule has 1 unspecified atom stereocenters. The summed E-state index contributed by atoms with van der Waals surface area (Å²) >= 11 is 12.7. The number of rotatable bonds is 6. The van der Waals surface area contributed by atoms with Gasteiger partial charge in [0.1, 0.15) is 23.7 Å². The van der Waals surface area contributed by atoms with E-state index in [1.54, 1.807) is 29.9 Å². The smallest absolute Gasteiger partial charge is 0.167 e. The molecule has 46 heavy (non-hydrogen) atoms. The Balaban J connectivity index is 1.26. The largest absolute Gasteiger partial charge is 0.483 e. The van der Waals surface area contributed by atoms with Gasteiger partial charge < -0.3 is 14.4 Å². The monoisotopic (exact) mass is 684 g/mol. The van der Waals surface area contributed by atoms with Crippen LogP contribution in [0.1, 0.15) is 62.5 Å². The molecule has 3 aromatic heterocycles. The number of sulfone groups is 1. The van der Waals surface area contributed by atoms with Crippen LogP contribution in [-0.2, 0) is 14.6 Å². The highest BCUT2D eigenvalue weighted by molar-refractivity contribution is 7.91. The summed E-state index contributed by atoms with van der Waals surface area (Å²) in [4.78, 5) is 10.6. The van der Waals surface area contributed by atoms with Gasteiger partial charge in [-0.1, -0.05) is 23.2 Å². The van der Waals surface area contributed by atoms with Crippen molar-refractivity contribution in [3.63, 3.8) is 0 Å². The molecular formula is C32H31Cl2FN6O4S. The minimum absolute atomic E-state index is 0.0206. The molecular weight excluding hydrogens is 654 g/mol. The van der Waals surface area contributed by atoms with Crippen molar-refractivity contribution >= 4 is 49.8 Å². The molecule has 14 heteroatoms. The maximum atomic E-state index is 15.7. The van der Waals surface area contributed by atoms with E-state index in [0.717, 1.165) is 25.7 Å². The lowest BCUT2D eigenvalue weighted by Crippen LogP contribution is -2.61. The molecule has 1 aromatic carbocycles. The summed E-state index contributed by atoms with van der Waals surface area (Å²) < 4.78 is 54.1. The minimum Gasteiger partial charge on any atom is -0.483 e. The number of fused-ring (bicyclic) bond motifs is 1. The number of nitrogens with zero attached hydrogens (tertiary/aromatic N) is 6. The topological polar surface area (TPSA) is 123 Å². The van der Waals surface area contributed by atoms with Crippen molar-refractivity contribution < 1.29 is 22.3 Å². The molecule has 10 nitrogen and oxygen atoms in total. The third-order valence-corrected chi connectivity index (χ3v) is 11.7. The van der Waals surface area contributed by atoms with Crippen LogP contribution in [0, 0.1) is 22.6 Å². The Morgan fingerprint density at radius 3 is 2.63 bits per heavy atom. The van der Waals surface area contributed by atoms with Crippen LogP contribution >= 0.6 is 23.2 Å². The van der Waals surface area contributed by atoms with Crippen molar-refractivity contribution in [3.05, 3.63) is 63.8 Å². The summed E-state index contributed by atoms with van der Waals surface area (Å²) in [6, 6.07) is 6.96. The van der Waals surface area contributed by atoms with E-state index in [0.29, 0.717) is 75.3 Å². The van der Waals surface area contributed by atoms with Crippen molar-refractivity contribution in [3.8, 4) is 23.1 Å². The first kappa shape index (κ1) is 31.1. The zero-order valence-electron chi connectivity index (χ0n) is 25.0. The summed E-state index contributed by atoms with van der Waals surface area (Å²) in [5, 5.41) is 16.2. The van der Waals surface area contributed by atoms with Gasteiger partial charge in [0.05, 0.1) is 32.6 Å². The summed E-state index contributed by atoms with van der Waals surface area (Å²) in [7, 11) is -3.06. The highest BCUT2D eigenvalue weighted by Gasteiger charge is 2.48. The van der Waals surface area contributed by atoms with Crippen LogP contribution in [-0.4, -0.2) is 59.4 Å². The second-order valence-corrected chi connectivity index (χ2v) is 15.4. The molecule has 0 aliphatic carbocycles. The highest BCUT2D eigenvalue weighted by Crippen LogP contribution is 2.44. The summed E-state index contributed by atoms with van der Waals surface area (Å²) in [5.41, 5.74) is 2.13. The first-order valence-electron chi connectivity index (χ1n) is 15.2. The van der Waals surface area contributed by atoms with Gasteiger partial charge in [0.2, 0.25) is 0 Å². The average Bonchev–Trinajstić information content (AvgIpc) is 3.37. The van der Waals surface area contributed by atoms with Crippen LogP contribution in [0.15, 0.2) is 36.8 Å². The number of hydrogen-bond donors (Lipinski definition) is 0. The Labute approximate surface area is 276 Å². The van der Waals surface area contributed by atoms with Gasteiger partial charge in [-0.15, -0.1) is 0 Å². The first-order chi connectivity index (χ1) is 22.1. The summed E-state index contributed by atoms with van der Waals surface area (Å²) in [6.45, 7) is 3.37. The Morgan fingerprint density at radius 1 is 1.15 bits per heavy atom. The fourth-order valence-electron chi connectivity index (χ4n) is 7.00. The fraction of sp³-hybridized carbons (Fsp3) is 0.438. The molecule has 0 radical (unpaired) electrons. The van der Waals surface area contributed by atoms with Gasteiger partial charge in [-0.3, -0.25) is 4.98 Å². The van der Waals surface area contributed by atoms with Crippen molar-refractivity contribution in [1.82, 2.24) is 19.7 Å². The van der Waals surface area contributed by atoms with Gasteiger partial charge in [0.25, 0.3) is 0 Å². The molecule has 3 aliphatic heterocycles. The van der Waals surface area contributed by atoms with Gasteiger partial charge >= 0.3 is 0 Å². The average molecular weight is 686 g/mol. The molecule has 0 amide bonds. The summed E-state index contributed by atoms with van der Waals surface area (Å²) in [6.07, 6.45) is 7.59. The van der Waals surface area contributed by atoms with Gasteiger partial charge in [0.15, 0.2) is 27.6 Å². The zero-order valence-corrected chi connectivity index (χ0v) is 27.4. The van der Waals surface area contributed by atoms with Crippen molar-refractivity contribution in [2.75, 3.05) is 36.1 Å². The van der Waals surface area contributed by atoms with Gasteiger partial charge in [0, 0.05) is 66.3 Å². The molecule has 0 saturated carbocycles. The molecule has 1 spiro atoms. The third kappa shape index (κ3) is 5.68. The van der Waals surface area contributed by atoms with Crippen LogP contribution in [0.4, 0.5) is 10.2 Å². The molecule has 3 aliphatic rings. The lowest BCUT2D eigenvalue weighted by molar-refractivity contribution is -0.0365. The molecule has 7 rings (SSSR count). The molecule has 3 saturated heterocycles. The number of halogens is 3. The second-order valence-electron chi connectivity index (χ2n) is 12.4. The molecule has 2 atom stereocenters. The highest BCUT2D eigenvalue weighted by atomic mass is 35.5. The van der Waals surface area contributed by atoms with Crippen LogP contribution in [0.25, 0.3) is 22.2 Å². The lowest BCUT2D eigenvalue weighted by atomic mass is 9.77. The van der Waals surface area contributed by atoms with Crippen molar-refractivity contribution in [2.24, 2.45) is 5.41 Å². The van der Waals surface area contributed by atoms with E-state index in [1.165, 1.54) is 18.5 Å². The number of pyridine rings is 2. The fourth-order valence-corrected chi connectivity index (χ4v) is 9.66. The predicted molar refractivity (Wildman–Crippen MR) is 172 cm³/mol. The Morgan fingerprint density at radius 2 is 1.93 bits per heavy atom. The quantitative estimate of drug-likeness (QED) is 0.219. The third-order valence-electron chi connectivity index (χ3n) is 9.09. The van der Waals surface area contributed by atoms with Crippen LogP contribution in [0.5, 0.6) is 5.75 Å². The van der Waals surface area contributed by atoms with E-state index < -0.39 is 21.8 Å². The Hall–Kier alpha value is -3.50. The van der Waals surface area contributed by atoms with Gasteiger partial charge in [-0.05, 0) is 51.2 Å².